The third-order valence-corrected chi connectivity index (χ3v) is 1.27. The molecule has 62 valence electrons. The van der Waals surface area contributed by atoms with Gasteiger partial charge < -0.3 is 9.64 Å². The number of rotatable bonds is 4. The summed E-state index contributed by atoms with van der Waals surface area (Å²) >= 11 is 0. The Bertz CT molecular complexity index is 160. The normalized spacial score (nSPS) is 8.82. The first kappa shape index (κ1) is 9.99. The van der Waals surface area contributed by atoms with E-state index >= 15 is 0 Å². The molecule has 0 atom stereocenters. The molecule has 3 nitrogen and oxygen atoms in total. The molecule has 0 aromatic heterocycles. The maximum atomic E-state index is 11.0. The highest BCUT2D eigenvalue weighted by Crippen LogP contribution is 1.89. The van der Waals surface area contributed by atoms with Crippen molar-refractivity contribution in [2.75, 3.05) is 27.3 Å². The van der Waals surface area contributed by atoms with E-state index in [4.69, 9.17) is 11.2 Å². The first-order valence-corrected chi connectivity index (χ1v) is 3.38. The van der Waals surface area contributed by atoms with Crippen molar-refractivity contribution in [3.8, 4) is 12.3 Å². The van der Waals surface area contributed by atoms with Crippen LogP contribution in [0, 0.1) is 12.3 Å². The predicted octanol–water partition coefficient (Wildman–Crippen LogP) is 0.114. The molecular formula is C8H13NO2. The third-order valence-electron chi connectivity index (χ3n) is 1.27. The zero-order valence-corrected chi connectivity index (χ0v) is 6.96. The molecule has 0 aliphatic rings. The number of terminal acetylenes is 1. The maximum absolute atomic E-state index is 11.0. The number of methoxy groups -OCH3 is 1. The summed E-state index contributed by atoms with van der Waals surface area (Å²) in [5.41, 5.74) is 0. The van der Waals surface area contributed by atoms with Crippen molar-refractivity contribution in [3.63, 3.8) is 0 Å². The van der Waals surface area contributed by atoms with Gasteiger partial charge in [0.25, 0.3) is 0 Å². The third kappa shape index (κ3) is 4.40. The van der Waals surface area contributed by atoms with E-state index in [2.05, 4.69) is 5.92 Å². The van der Waals surface area contributed by atoms with Gasteiger partial charge in [-0.2, -0.15) is 0 Å². The fraction of sp³-hybridized carbons (Fsp3) is 0.625. The molecule has 0 fully saturated rings. The van der Waals surface area contributed by atoms with Gasteiger partial charge in [-0.15, -0.1) is 6.42 Å². The number of carbonyl (C=O) groups excluding carboxylic acids is 1. The van der Waals surface area contributed by atoms with Crippen molar-refractivity contribution in [2.24, 2.45) is 0 Å². The van der Waals surface area contributed by atoms with Crippen LogP contribution in [0.3, 0.4) is 0 Å². The molecule has 0 spiro atoms. The summed E-state index contributed by atoms with van der Waals surface area (Å²) in [6.07, 6.45) is 5.42. The molecule has 0 aliphatic carbocycles. The van der Waals surface area contributed by atoms with Crippen LogP contribution < -0.4 is 0 Å². The maximum Gasteiger partial charge on any atom is 0.225 e. The molecule has 0 N–H and O–H groups in total. The summed E-state index contributed by atoms with van der Waals surface area (Å²) in [5.74, 6) is 2.41. The summed E-state index contributed by atoms with van der Waals surface area (Å²) < 4.78 is 4.74. The zero-order valence-electron chi connectivity index (χ0n) is 6.96. The van der Waals surface area contributed by atoms with Crippen LogP contribution in [0.5, 0.6) is 0 Å². The van der Waals surface area contributed by atoms with Crippen LogP contribution in [0.2, 0.25) is 0 Å². The summed E-state index contributed by atoms with van der Waals surface area (Å²) in [7, 11) is 3.24. The van der Waals surface area contributed by atoms with Crippen LogP contribution >= 0.6 is 0 Å². The van der Waals surface area contributed by atoms with E-state index in [1.54, 1.807) is 14.2 Å². The smallest absolute Gasteiger partial charge is 0.225 e. The lowest BCUT2D eigenvalue weighted by molar-refractivity contribution is -0.130. The van der Waals surface area contributed by atoms with Crippen LogP contribution in [0.25, 0.3) is 0 Å². The van der Waals surface area contributed by atoms with Gasteiger partial charge in [0, 0.05) is 14.2 Å². The van der Waals surface area contributed by atoms with E-state index in [0.717, 1.165) is 0 Å². The number of hydrogen-bond donors (Lipinski definition) is 0. The first-order chi connectivity index (χ1) is 5.22. The van der Waals surface area contributed by atoms with Gasteiger partial charge in [-0.05, 0) is 0 Å². The van der Waals surface area contributed by atoms with E-state index in [-0.39, 0.29) is 5.91 Å². The Morgan fingerprint density at radius 3 is 2.82 bits per heavy atom. The van der Waals surface area contributed by atoms with E-state index in [9.17, 15) is 4.79 Å². The van der Waals surface area contributed by atoms with Crippen LogP contribution in [0.4, 0.5) is 0 Å². The number of nitrogens with zero attached hydrogens (tertiary/aromatic N) is 1. The van der Waals surface area contributed by atoms with E-state index < -0.39 is 0 Å². The van der Waals surface area contributed by atoms with Crippen molar-refractivity contribution in [1.29, 1.82) is 0 Å². The molecule has 1 amide bonds. The molecule has 0 saturated heterocycles. The lowest BCUT2D eigenvalue weighted by Crippen LogP contribution is -2.27. The van der Waals surface area contributed by atoms with Gasteiger partial charge in [0.05, 0.1) is 19.6 Å². The van der Waals surface area contributed by atoms with Crippen molar-refractivity contribution in [1.82, 2.24) is 4.90 Å². The highest BCUT2D eigenvalue weighted by atomic mass is 16.5. The molecular weight excluding hydrogens is 142 g/mol. The van der Waals surface area contributed by atoms with Crippen molar-refractivity contribution in [2.45, 2.75) is 6.42 Å². The predicted molar refractivity (Wildman–Crippen MR) is 43.0 cm³/mol. The Morgan fingerprint density at radius 1 is 1.73 bits per heavy atom. The second-order valence-electron chi connectivity index (χ2n) is 2.20. The van der Waals surface area contributed by atoms with Gasteiger partial charge in [-0.3, -0.25) is 4.79 Å². The molecule has 0 aromatic carbocycles. The standard InChI is InChI=1S/C8H13NO2/c1-4-6-9(2)8(10)5-7-11-3/h1H,5-7H2,2-3H3. The fourth-order valence-electron chi connectivity index (χ4n) is 0.605. The lowest BCUT2D eigenvalue weighted by Gasteiger charge is -2.12. The van der Waals surface area contributed by atoms with Gasteiger partial charge in [-0.25, -0.2) is 0 Å². The van der Waals surface area contributed by atoms with Crippen LogP contribution in [0.15, 0.2) is 0 Å². The summed E-state index contributed by atoms with van der Waals surface area (Å²) in [4.78, 5) is 12.5. The minimum atomic E-state index is 0.0183. The number of ether oxygens (including phenoxy) is 1. The molecule has 0 aliphatic heterocycles. The minimum absolute atomic E-state index is 0.0183. The SMILES string of the molecule is C#CCN(C)C(=O)CCOC. The Hall–Kier alpha value is -1.01. The Morgan fingerprint density at radius 2 is 2.36 bits per heavy atom. The van der Waals surface area contributed by atoms with Crippen LogP contribution in [0.1, 0.15) is 6.42 Å². The molecule has 0 heterocycles. The number of carbonyl (C=O) groups is 1. The molecule has 0 saturated carbocycles. The van der Waals surface area contributed by atoms with Gasteiger partial charge in [0.1, 0.15) is 0 Å². The average molecular weight is 155 g/mol. The van der Waals surface area contributed by atoms with Gasteiger partial charge in [0.2, 0.25) is 5.91 Å². The molecule has 0 unspecified atom stereocenters. The lowest BCUT2D eigenvalue weighted by atomic mass is 10.4. The first-order valence-electron chi connectivity index (χ1n) is 3.38. The Balaban J connectivity index is 3.57. The minimum Gasteiger partial charge on any atom is -0.384 e. The fourth-order valence-corrected chi connectivity index (χ4v) is 0.605. The van der Waals surface area contributed by atoms with Crippen molar-refractivity contribution in [3.05, 3.63) is 0 Å². The van der Waals surface area contributed by atoms with Crippen LogP contribution in [-0.4, -0.2) is 38.1 Å². The van der Waals surface area contributed by atoms with E-state index in [1.807, 2.05) is 0 Å². The van der Waals surface area contributed by atoms with Gasteiger partial charge in [-0.1, -0.05) is 5.92 Å². The van der Waals surface area contributed by atoms with Crippen molar-refractivity contribution >= 4 is 5.91 Å². The second-order valence-corrected chi connectivity index (χ2v) is 2.20. The average Bonchev–Trinajstić information content (AvgIpc) is 2.00. The highest BCUT2D eigenvalue weighted by molar-refractivity contribution is 5.76. The molecule has 3 heteroatoms. The second kappa shape index (κ2) is 5.75. The van der Waals surface area contributed by atoms with E-state index in [0.29, 0.717) is 19.6 Å². The molecule has 11 heavy (non-hydrogen) atoms. The summed E-state index contributed by atoms with van der Waals surface area (Å²) in [5, 5.41) is 0. The van der Waals surface area contributed by atoms with Gasteiger partial charge in [0.15, 0.2) is 0 Å². The van der Waals surface area contributed by atoms with E-state index in [1.165, 1.54) is 4.90 Å². The number of hydrogen-bond acceptors (Lipinski definition) is 2. The Labute approximate surface area is 67.3 Å². The molecule has 0 rings (SSSR count). The number of amides is 1. The summed E-state index contributed by atoms with van der Waals surface area (Å²) in [6.45, 7) is 0.816. The Kier molecular flexibility index (Phi) is 5.22. The van der Waals surface area contributed by atoms with Crippen molar-refractivity contribution < 1.29 is 9.53 Å². The topological polar surface area (TPSA) is 29.5 Å². The summed E-state index contributed by atoms with van der Waals surface area (Å²) in [6, 6.07) is 0. The zero-order chi connectivity index (χ0) is 8.69. The largest absolute Gasteiger partial charge is 0.384 e. The highest BCUT2D eigenvalue weighted by Gasteiger charge is 2.05. The quantitative estimate of drug-likeness (QED) is 0.539. The molecule has 0 aromatic rings. The monoisotopic (exact) mass is 155 g/mol. The molecule has 0 radical (unpaired) electrons. The molecule has 0 bridgehead atoms. The van der Waals surface area contributed by atoms with Crippen LogP contribution in [-0.2, 0) is 9.53 Å². The van der Waals surface area contributed by atoms with Gasteiger partial charge >= 0.3 is 0 Å².